The minimum absolute atomic E-state index is 0.297. The van der Waals surface area contributed by atoms with Gasteiger partial charge >= 0.3 is 0 Å². The third kappa shape index (κ3) is 3.06. The van der Waals surface area contributed by atoms with Crippen molar-refractivity contribution in [2.24, 2.45) is 11.5 Å². The van der Waals surface area contributed by atoms with Gasteiger partial charge < -0.3 is 11.5 Å². The van der Waals surface area contributed by atoms with E-state index in [1.54, 1.807) is 0 Å². The van der Waals surface area contributed by atoms with Crippen molar-refractivity contribution in [2.75, 3.05) is 0 Å². The molecule has 0 aliphatic carbocycles. The number of primary amides is 2. The molecule has 4 N–H and O–H groups in total. The van der Waals surface area contributed by atoms with E-state index in [0.717, 1.165) is 12.8 Å². The Kier molecular flexibility index (Phi) is 4.83. The van der Waals surface area contributed by atoms with Gasteiger partial charge in [-0.15, -0.1) is 0 Å². The Balaban J connectivity index is 3.39. The van der Waals surface area contributed by atoms with Gasteiger partial charge in [-0.05, 0) is 18.9 Å². The van der Waals surface area contributed by atoms with Crippen LogP contribution in [0.3, 0.4) is 0 Å². The molecule has 1 rings (SSSR count). The first-order valence-corrected chi connectivity index (χ1v) is 6.13. The number of hydrogen-bond donors (Lipinski definition) is 2. The molecule has 0 aliphatic rings. The van der Waals surface area contributed by atoms with E-state index in [4.69, 9.17) is 11.5 Å². The first-order chi connectivity index (χ1) is 8.51. The van der Waals surface area contributed by atoms with Crippen LogP contribution in [-0.2, 0) is 12.8 Å². The van der Waals surface area contributed by atoms with Gasteiger partial charge in [0.05, 0.1) is 22.5 Å². The second-order valence-electron chi connectivity index (χ2n) is 4.21. The van der Waals surface area contributed by atoms with Crippen LogP contribution in [0, 0.1) is 0 Å². The number of nitrogens with zero attached hydrogens (tertiary/aromatic N) is 1. The lowest BCUT2D eigenvalue weighted by Gasteiger charge is -2.11. The lowest BCUT2D eigenvalue weighted by Crippen LogP contribution is -2.21. The van der Waals surface area contributed by atoms with E-state index in [2.05, 4.69) is 4.98 Å². The number of hydrogen-bond acceptors (Lipinski definition) is 3. The molecule has 0 saturated carbocycles. The van der Waals surface area contributed by atoms with E-state index >= 15 is 0 Å². The summed E-state index contributed by atoms with van der Waals surface area (Å²) < 4.78 is 0. The van der Waals surface area contributed by atoms with E-state index in [-0.39, 0.29) is 0 Å². The zero-order valence-electron chi connectivity index (χ0n) is 10.8. The van der Waals surface area contributed by atoms with E-state index < -0.39 is 11.8 Å². The smallest absolute Gasteiger partial charge is 0.250 e. The predicted octanol–water partition coefficient (Wildman–Crippen LogP) is 1.18. The normalized spacial score (nSPS) is 10.3. The highest BCUT2D eigenvalue weighted by molar-refractivity contribution is 5.99. The van der Waals surface area contributed by atoms with Crippen molar-refractivity contribution in [1.29, 1.82) is 0 Å². The predicted molar refractivity (Wildman–Crippen MR) is 69.3 cm³/mol. The summed E-state index contributed by atoms with van der Waals surface area (Å²) >= 11 is 0. The van der Waals surface area contributed by atoms with Crippen molar-refractivity contribution < 1.29 is 9.59 Å². The minimum Gasteiger partial charge on any atom is -0.366 e. The molecule has 5 heteroatoms. The first kappa shape index (κ1) is 14.2. The van der Waals surface area contributed by atoms with Crippen molar-refractivity contribution in [3.05, 3.63) is 28.6 Å². The third-order valence-electron chi connectivity index (χ3n) is 2.68. The quantitative estimate of drug-likeness (QED) is 0.791. The lowest BCUT2D eigenvalue weighted by atomic mass is 10.0. The Bertz CT molecular complexity index is 430. The van der Waals surface area contributed by atoms with Crippen LogP contribution in [0.15, 0.2) is 6.07 Å². The lowest BCUT2D eigenvalue weighted by molar-refractivity contribution is 0.0998. The molecule has 0 aliphatic heterocycles. The van der Waals surface area contributed by atoms with Crippen LogP contribution in [0.2, 0.25) is 0 Å². The van der Waals surface area contributed by atoms with Gasteiger partial charge in [-0.25, -0.2) is 0 Å². The molecule has 5 nitrogen and oxygen atoms in total. The molecular weight excluding hydrogens is 230 g/mol. The average Bonchev–Trinajstić information content (AvgIpc) is 2.29. The number of amides is 2. The fourth-order valence-corrected chi connectivity index (χ4v) is 1.88. The standard InChI is InChI=1S/C13H19N3O2/c1-3-5-10-8(12(14)17)7-9(13(15)18)11(16-10)6-4-2/h7H,3-6H2,1-2H3,(H2,14,17)(H2,15,18). The highest BCUT2D eigenvalue weighted by atomic mass is 16.1. The van der Waals surface area contributed by atoms with Crippen molar-refractivity contribution in [3.63, 3.8) is 0 Å². The van der Waals surface area contributed by atoms with E-state index in [0.29, 0.717) is 35.4 Å². The highest BCUT2D eigenvalue weighted by Gasteiger charge is 2.17. The topological polar surface area (TPSA) is 99.1 Å². The van der Waals surface area contributed by atoms with Crippen molar-refractivity contribution >= 4 is 11.8 Å². The summed E-state index contributed by atoms with van der Waals surface area (Å²) in [5.74, 6) is -1.15. The highest BCUT2D eigenvalue weighted by Crippen LogP contribution is 2.16. The molecule has 0 radical (unpaired) electrons. The summed E-state index contributed by atoms with van der Waals surface area (Å²) in [7, 11) is 0. The SMILES string of the molecule is CCCc1nc(CCC)c(C(N)=O)cc1C(N)=O. The molecule has 1 heterocycles. The molecule has 98 valence electrons. The Morgan fingerprint density at radius 2 is 1.39 bits per heavy atom. The van der Waals surface area contributed by atoms with Crippen LogP contribution in [0.5, 0.6) is 0 Å². The molecular formula is C13H19N3O2. The molecule has 0 spiro atoms. The van der Waals surface area contributed by atoms with E-state index in [1.807, 2.05) is 13.8 Å². The van der Waals surface area contributed by atoms with Crippen molar-refractivity contribution in [2.45, 2.75) is 39.5 Å². The summed E-state index contributed by atoms with van der Waals surface area (Å²) in [6.07, 6.45) is 3.03. The van der Waals surface area contributed by atoms with Crippen LogP contribution in [0.1, 0.15) is 58.8 Å². The van der Waals surface area contributed by atoms with Crippen LogP contribution < -0.4 is 11.5 Å². The van der Waals surface area contributed by atoms with Gasteiger partial charge in [0, 0.05) is 0 Å². The molecule has 0 unspecified atom stereocenters. The second kappa shape index (κ2) is 6.14. The van der Waals surface area contributed by atoms with Gasteiger partial charge in [-0.3, -0.25) is 14.6 Å². The van der Waals surface area contributed by atoms with Gasteiger partial charge in [-0.1, -0.05) is 26.7 Å². The monoisotopic (exact) mass is 249 g/mol. The second-order valence-corrected chi connectivity index (χ2v) is 4.21. The molecule has 18 heavy (non-hydrogen) atoms. The van der Waals surface area contributed by atoms with Crippen molar-refractivity contribution in [1.82, 2.24) is 4.98 Å². The Morgan fingerprint density at radius 3 is 1.67 bits per heavy atom. The number of aryl methyl sites for hydroxylation is 2. The first-order valence-electron chi connectivity index (χ1n) is 6.13. The van der Waals surface area contributed by atoms with Gasteiger partial charge in [-0.2, -0.15) is 0 Å². The molecule has 0 bridgehead atoms. The fourth-order valence-electron chi connectivity index (χ4n) is 1.88. The summed E-state index contributed by atoms with van der Waals surface area (Å²) in [6.45, 7) is 3.99. The van der Waals surface area contributed by atoms with Gasteiger partial charge in [0.15, 0.2) is 0 Å². The number of carbonyl (C=O) groups is 2. The Hall–Kier alpha value is -1.91. The molecule has 1 aromatic rings. The number of carbonyl (C=O) groups excluding carboxylic acids is 2. The summed E-state index contributed by atoms with van der Waals surface area (Å²) in [6, 6.07) is 1.48. The number of pyridine rings is 1. The van der Waals surface area contributed by atoms with E-state index in [1.165, 1.54) is 6.07 Å². The van der Waals surface area contributed by atoms with Gasteiger partial charge in [0.2, 0.25) is 0 Å². The van der Waals surface area contributed by atoms with Gasteiger partial charge in [0.1, 0.15) is 0 Å². The molecule has 0 atom stereocenters. The molecule has 0 aromatic carbocycles. The Morgan fingerprint density at radius 1 is 1.00 bits per heavy atom. The minimum atomic E-state index is -0.573. The van der Waals surface area contributed by atoms with Crippen molar-refractivity contribution in [3.8, 4) is 0 Å². The van der Waals surface area contributed by atoms with Crippen LogP contribution in [0.25, 0.3) is 0 Å². The zero-order valence-corrected chi connectivity index (χ0v) is 10.8. The fraction of sp³-hybridized carbons (Fsp3) is 0.462. The summed E-state index contributed by atoms with van der Waals surface area (Å²) in [5, 5.41) is 0. The Labute approximate surface area is 107 Å². The molecule has 0 fully saturated rings. The number of nitrogens with two attached hydrogens (primary N) is 2. The largest absolute Gasteiger partial charge is 0.366 e. The molecule has 1 aromatic heterocycles. The summed E-state index contributed by atoms with van der Waals surface area (Å²) in [4.78, 5) is 27.1. The molecule has 0 saturated heterocycles. The third-order valence-corrected chi connectivity index (χ3v) is 2.68. The number of aromatic nitrogens is 1. The van der Waals surface area contributed by atoms with Crippen LogP contribution >= 0.6 is 0 Å². The zero-order chi connectivity index (χ0) is 13.7. The van der Waals surface area contributed by atoms with Crippen LogP contribution in [-0.4, -0.2) is 16.8 Å². The number of rotatable bonds is 6. The van der Waals surface area contributed by atoms with Crippen LogP contribution in [0.4, 0.5) is 0 Å². The molecule has 2 amide bonds. The van der Waals surface area contributed by atoms with Gasteiger partial charge in [0.25, 0.3) is 11.8 Å². The maximum Gasteiger partial charge on any atom is 0.250 e. The summed E-state index contributed by atoms with van der Waals surface area (Å²) in [5.41, 5.74) is 12.5. The maximum absolute atomic E-state index is 11.4. The van der Waals surface area contributed by atoms with E-state index in [9.17, 15) is 9.59 Å². The average molecular weight is 249 g/mol. The maximum atomic E-state index is 11.4.